The van der Waals surface area contributed by atoms with Gasteiger partial charge in [0.25, 0.3) is 0 Å². The van der Waals surface area contributed by atoms with Crippen molar-refractivity contribution in [2.24, 2.45) is 0 Å². The molecule has 2 fully saturated rings. The molecule has 12 heteroatoms. The molecule has 7 N–H and O–H groups in total. The number of carbonyl (C=O) groups is 1. The topological polar surface area (TPSA) is 196 Å². The number of aliphatic hydroxyl groups is 7. The normalized spacial score (nSPS) is 44.9. The summed E-state index contributed by atoms with van der Waals surface area (Å²) < 4.78 is 20.9. The van der Waals surface area contributed by atoms with Crippen LogP contribution in [0.5, 0.6) is 0 Å². The van der Waals surface area contributed by atoms with E-state index in [0.717, 1.165) is 6.08 Å². The molecule has 9 atom stereocenters. The summed E-state index contributed by atoms with van der Waals surface area (Å²) in [6.45, 7) is 0.748. The maximum atomic E-state index is 11.6. The lowest BCUT2D eigenvalue weighted by Gasteiger charge is -2.43. The fourth-order valence-corrected chi connectivity index (χ4v) is 2.95. The number of esters is 1. The first kappa shape index (κ1) is 22.1. The number of aliphatic hydroxyl groups excluding tert-OH is 7. The monoisotopic (exact) mass is 396 g/mol. The van der Waals surface area contributed by atoms with Crippen molar-refractivity contribution in [2.45, 2.75) is 54.8 Å². The molecule has 2 rings (SSSR count). The average molecular weight is 396 g/mol. The average Bonchev–Trinajstić information content (AvgIpc) is 2.94. The van der Waals surface area contributed by atoms with E-state index >= 15 is 0 Å². The van der Waals surface area contributed by atoms with Gasteiger partial charge in [0.15, 0.2) is 12.4 Å². The first-order valence-corrected chi connectivity index (χ1v) is 8.13. The number of carbonyl (C=O) groups excluding carboxylic acids is 1. The standard InChI is InChI=1S/C15H24O12/c1-2-8(19)25-13-10(21)7(4-17)26-15(13,5-18)27-14-12(23)11(22)9(20)6(3-16)24-14/h2,6-7,9-14,16-18,20-23H,1,3-5H2/t6-,7-,9-,10-,11+,12-,13+,14-,15+/m1/s1. The quantitative estimate of drug-likeness (QED) is 0.161. The summed E-state index contributed by atoms with van der Waals surface area (Å²) in [6, 6.07) is 0. The minimum atomic E-state index is -2.28. The van der Waals surface area contributed by atoms with E-state index in [-0.39, 0.29) is 0 Å². The van der Waals surface area contributed by atoms with Crippen LogP contribution in [0, 0.1) is 0 Å². The largest absolute Gasteiger partial charge is 0.450 e. The van der Waals surface area contributed by atoms with Crippen LogP contribution in [0.15, 0.2) is 12.7 Å². The van der Waals surface area contributed by atoms with Gasteiger partial charge in [0.05, 0.1) is 13.2 Å². The van der Waals surface area contributed by atoms with Gasteiger partial charge in [0.2, 0.25) is 5.79 Å². The lowest BCUT2D eigenvalue weighted by atomic mass is 9.99. The number of rotatable bonds is 7. The Morgan fingerprint density at radius 2 is 1.63 bits per heavy atom. The smallest absolute Gasteiger partial charge is 0.330 e. The van der Waals surface area contributed by atoms with E-state index in [1.165, 1.54) is 0 Å². The zero-order valence-corrected chi connectivity index (χ0v) is 14.2. The highest BCUT2D eigenvalue weighted by Gasteiger charge is 2.60. The van der Waals surface area contributed by atoms with Crippen molar-refractivity contribution in [3.8, 4) is 0 Å². The van der Waals surface area contributed by atoms with Crippen molar-refractivity contribution in [2.75, 3.05) is 19.8 Å². The van der Waals surface area contributed by atoms with Crippen LogP contribution in [0.2, 0.25) is 0 Å². The molecule has 0 amide bonds. The molecule has 156 valence electrons. The second-order valence-electron chi connectivity index (χ2n) is 6.18. The molecular formula is C15H24O12. The summed E-state index contributed by atoms with van der Waals surface area (Å²) in [7, 11) is 0. The van der Waals surface area contributed by atoms with Crippen LogP contribution in [0.1, 0.15) is 0 Å². The van der Waals surface area contributed by atoms with Crippen LogP contribution in [0.25, 0.3) is 0 Å². The van der Waals surface area contributed by atoms with Gasteiger partial charge in [-0.2, -0.15) is 0 Å². The molecular weight excluding hydrogens is 372 g/mol. The highest BCUT2D eigenvalue weighted by atomic mass is 16.8. The molecule has 0 saturated carbocycles. The van der Waals surface area contributed by atoms with Gasteiger partial charge in [-0.25, -0.2) is 4.79 Å². The second kappa shape index (κ2) is 8.87. The number of hydrogen-bond acceptors (Lipinski definition) is 12. The third-order valence-corrected chi connectivity index (χ3v) is 4.45. The predicted molar refractivity (Wildman–Crippen MR) is 82.7 cm³/mol. The lowest BCUT2D eigenvalue weighted by molar-refractivity contribution is -0.383. The van der Waals surface area contributed by atoms with Crippen molar-refractivity contribution in [3.05, 3.63) is 12.7 Å². The molecule has 2 saturated heterocycles. The highest BCUT2D eigenvalue weighted by molar-refractivity contribution is 5.81. The van der Waals surface area contributed by atoms with Gasteiger partial charge in [-0.05, 0) is 0 Å². The van der Waals surface area contributed by atoms with Gasteiger partial charge in [-0.3, -0.25) is 0 Å². The van der Waals surface area contributed by atoms with Gasteiger partial charge in [-0.15, -0.1) is 0 Å². The molecule has 0 radical (unpaired) electrons. The molecule has 0 spiro atoms. The van der Waals surface area contributed by atoms with Gasteiger partial charge in [0, 0.05) is 6.08 Å². The summed E-state index contributed by atoms with van der Waals surface area (Å²) in [5, 5.41) is 68.3. The number of ether oxygens (including phenoxy) is 4. The first-order chi connectivity index (χ1) is 12.7. The molecule has 2 heterocycles. The van der Waals surface area contributed by atoms with Crippen LogP contribution in [0.3, 0.4) is 0 Å². The Hall–Kier alpha value is -1.19. The third-order valence-electron chi connectivity index (χ3n) is 4.45. The fourth-order valence-electron chi connectivity index (χ4n) is 2.95. The Kier molecular flexibility index (Phi) is 7.27. The lowest BCUT2D eigenvalue weighted by Crippen LogP contribution is -2.63. The minimum absolute atomic E-state index is 0.719. The van der Waals surface area contributed by atoms with E-state index in [0.29, 0.717) is 0 Å². The Bertz CT molecular complexity index is 527. The SMILES string of the molecule is C=CC(=O)O[C@H]1[C@H](O)[C@@H](CO)O[C@@]1(CO)O[C@H]1O[C@H](CO)[C@@H](O)[C@H](O)[C@H]1O. The fraction of sp³-hybridized carbons (Fsp3) is 0.800. The maximum Gasteiger partial charge on any atom is 0.330 e. The molecule has 0 aromatic carbocycles. The van der Waals surface area contributed by atoms with Gasteiger partial charge >= 0.3 is 5.97 Å². The molecule has 2 aliphatic heterocycles. The van der Waals surface area contributed by atoms with Gasteiger partial charge < -0.3 is 54.7 Å². The second-order valence-corrected chi connectivity index (χ2v) is 6.18. The van der Waals surface area contributed by atoms with E-state index in [1.54, 1.807) is 0 Å². The predicted octanol–water partition coefficient (Wildman–Crippen LogP) is -4.66. The summed E-state index contributed by atoms with van der Waals surface area (Å²) in [4.78, 5) is 11.6. The Morgan fingerprint density at radius 1 is 1.00 bits per heavy atom. The Morgan fingerprint density at radius 3 is 2.15 bits per heavy atom. The third kappa shape index (κ3) is 4.14. The van der Waals surface area contributed by atoms with E-state index in [1.807, 2.05) is 0 Å². The molecule has 0 bridgehead atoms. The van der Waals surface area contributed by atoms with Crippen molar-refractivity contribution in [1.29, 1.82) is 0 Å². The van der Waals surface area contributed by atoms with Gasteiger partial charge in [0.1, 0.15) is 43.2 Å². The van der Waals surface area contributed by atoms with E-state index in [4.69, 9.17) is 18.9 Å². The summed E-state index contributed by atoms with van der Waals surface area (Å²) in [5.74, 6) is -3.27. The summed E-state index contributed by atoms with van der Waals surface area (Å²) >= 11 is 0. The molecule has 0 aromatic heterocycles. The van der Waals surface area contributed by atoms with Crippen LogP contribution in [-0.4, -0.2) is 116 Å². The first-order valence-electron chi connectivity index (χ1n) is 8.13. The minimum Gasteiger partial charge on any atom is -0.450 e. The van der Waals surface area contributed by atoms with Gasteiger partial charge in [-0.1, -0.05) is 6.58 Å². The van der Waals surface area contributed by atoms with E-state index in [2.05, 4.69) is 6.58 Å². The summed E-state index contributed by atoms with van der Waals surface area (Å²) in [6.07, 6.45) is -12.1. The molecule has 27 heavy (non-hydrogen) atoms. The maximum absolute atomic E-state index is 11.6. The van der Waals surface area contributed by atoms with E-state index in [9.17, 15) is 40.5 Å². The molecule has 0 unspecified atom stereocenters. The van der Waals surface area contributed by atoms with Crippen LogP contribution < -0.4 is 0 Å². The zero-order chi connectivity index (χ0) is 20.4. The van der Waals surface area contributed by atoms with Crippen molar-refractivity contribution >= 4 is 5.97 Å². The Labute approximate surface area is 153 Å². The van der Waals surface area contributed by atoms with E-state index < -0.39 is 80.6 Å². The van der Waals surface area contributed by atoms with Crippen LogP contribution in [-0.2, 0) is 23.7 Å². The van der Waals surface area contributed by atoms with Crippen LogP contribution in [0.4, 0.5) is 0 Å². The van der Waals surface area contributed by atoms with Crippen molar-refractivity contribution in [3.63, 3.8) is 0 Å². The number of hydrogen-bond donors (Lipinski definition) is 7. The Balaban J connectivity index is 2.29. The zero-order valence-electron chi connectivity index (χ0n) is 14.2. The molecule has 2 aliphatic rings. The molecule has 0 aliphatic carbocycles. The molecule has 0 aromatic rings. The van der Waals surface area contributed by atoms with Crippen LogP contribution >= 0.6 is 0 Å². The molecule has 12 nitrogen and oxygen atoms in total. The van der Waals surface area contributed by atoms with Crippen molar-refractivity contribution < 1.29 is 59.5 Å². The summed E-state index contributed by atoms with van der Waals surface area (Å²) in [5.41, 5.74) is 0. The highest BCUT2D eigenvalue weighted by Crippen LogP contribution is 2.37. The van der Waals surface area contributed by atoms with Crippen molar-refractivity contribution in [1.82, 2.24) is 0 Å².